The summed E-state index contributed by atoms with van der Waals surface area (Å²) in [5, 5.41) is 2.46. The van der Waals surface area contributed by atoms with E-state index in [1.807, 2.05) is 17.8 Å². The van der Waals surface area contributed by atoms with Crippen molar-refractivity contribution < 1.29 is 9.47 Å². The van der Waals surface area contributed by atoms with Gasteiger partial charge in [-0.05, 0) is 67.2 Å². The van der Waals surface area contributed by atoms with Gasteiger partial charge in [-0.3, -0.25) is 0 Å². The van der Waals surface area contributed by atoms with Crippen LogP contribution in [0.3, 0.4) is 0 Å². The van der Waals surface area contributed by atoms with Crippen molar-refractivity contribution in [3.63, 3.8) is 0 Å². The van der Waals surface area contributed by atoms with E-state index in [9.17, 15) is 0 Å². The Morgan fingerprint density at radius 3 is 2.97 bits per heavy atom. The average Bonchev–Trinajstić information content (AvgIpc) is 3.18. The summed E-state index contributed by atoms with van der Waals surface area (Å²) in [5.74, 6) is 2.29. The first kappa shape index (κ1) is 19.7. The van der Waals surface area contributed by atoms with Crippen LogP contribution in [0.2, 0.25) is 0 Å². The van der Waals surface area contributed by atoms with Crippen LogP contribution in [0.5, 0.6) is 5.75 Å². The van der Waals surface area contributed by atoms with Crippen LogP contribution in [0.1, 0.15) is 17.9 Å². The molecule has 0 bridgehead atoms. The monoisotopic (exact) mass is 417 g/mol. The zero-order valence-corrected chi connectivity index (χ0v) is 18.4. The third-order valence-electron chi connectivity index (χ3n) is 5.89. The molecule has 4 heteroatoms. The van der Waals surface area contributed by atoms with Crippen molar-refractivity contribution >= 4 is 23.9 Å². The number of hydrogen-bond acceptors (Lipinski definition) is 4. The van der Waals surface area contributed by atoms with Gasteiger partial charge in [-0.1, -0.05) is 36.4 Å². The van der Waals surface area contributed by atoms with Gasteiger partial charge < -0.3 is 14.4 Å². The highest BCUT2D eigenvalue weighted by Gasteiger charge is 2.26. The Labute approximate surface area is 182 Å². The van der Waals surface area contributed by atoms with Gasteiger partial charge in [0.1, 0.15) is 5.75 Å². The van der Waals surface area contributed by atoms with Crippen molar-refractivity contribution in [3.05, 3.63) is 75.2 Å². The molecule has 2 aliphatic heterocycles. The molecular formula is C26H27NO2S. The SMILES string of the molecule is CN(C)CCCOCC1=CC2C(=CC=c3c4cccc-4c4c(cc32)=CC=CO4)CS1. The van der Waals surface area contributed by atoms with E-state index in [1.165, 1.54) is 32.4 Å². The summed E-state index contributed by atoms with van der Waals surface area (Å²) in [6.07, 6.45) is 14.0. The summed E-state index contributed by atoms with van der Waals surface area (Å²) >= 11 is 1.91. The van der Waals surface area contributed by atoms with Crippen LogP contribution in [-0.4, -0.2) is 44.5 Å². The van der Waals surface area contributed by atoms with E-state index in [1.54, 1.807) is 6.26 Å². The number of fused-ring (bicyclic) bond motifs is 7. The average molecular weight is 418 g/mol. The first-order valence-electron chi connectivity index (χ1n) is 10.6. The number of hydrogen-bond donors (Lipinski definition) is 0. The first-order chi connectivity index (χ1) is 14.7. The number of nitrogens with zero attached hydrogens (tertiary/aromatic N) is 1. The van der Waals surface area contributed by atoms with E-state index in [0.29, 0.717) is 12.5 Å². The van der Waals surface area contributed by atoms with Crippen molar-refractivity contribution in [2.45, 2.75) is 12.3 Å². The maximum absolute atomic E-state index is 5.98. The molecule has 154 valence electrons. The Kier molecular flexibility index (Phi) is 5.55. The molecule has 2 heterocycles. The van der Waals surface area contributed by atoms with Gasteiger partial charge in [0.2, 0.25) is 0 Å². The molecule has 5 rings (SSSR count). The van der Waals surface area contributed by atoms with Crippen molar-refractivity contribution in [1.29, 1.82) is 0 Å². The molecule has 0 amide bonds. The lowest BCUT2D eigenvalue weighted by atomic mass is 9.86. The largest absolute Gasteiger partial charge is 0.464 e. The number of ether oxygens (including phenoxy) is 2. The fraction of sp³-hybridized carbons (Fsp3) is 0.308. The molecule has 0 aromatic heterocycles. The van der Waals surface area contributed by atoms with E-state index in [-0.39, 0.29) is 0 Å². The van der Waals surface area contributed by atoms with Gasteiger partial charge in [0.15, 0.2) is 0 Å². The highest BCUT2D eigenvalue weighted by molar-refractivity contribution is 8.03. The highest BCUT2D eigenvalue weighted by Crippen LogP contribution is 2.39. The molecule has 0 fully saturated rings. The Hall–Kier alpha value is -2.27. The zero-order valence-electron chi connectivity index (χ0n) is 17.6. The van der Waals surface area contributed by atoms with Gasteiger partial charge >= 0.3 is 0 Å². The van der Waals surface area contributed by atoms with Crippen LogP contribution in [0.4, 0.5) is 0 Å². The van der Waals surface area contributed by atoms with Crippen molar-refractivity contribution in [3.8, 4) is 16.9 Å². The second-order valence-electron chi connectivity index (χ2n) is 8.28. The molecule has 30 heavy (non-hydrogen) atoms. The number of thioether (sulfide) groups is 1. The standard InChI is InChI=1S/C26H27NO2S/c1-27(2)11-5-12-28-16-20-15-24-19(17-30-20)9-10-22-21-7-3-8-23(21)26-18(14-25(22)24)6-4-13-29-26/h3-4,6-10,13-15,24H,5,11-12,16-17H2,1-2H3. The van der Waals surface area contributed by atoms with E-state index in [4.69, 9.17) is 9.47 Å². The molecule has 0 radical (unpaired) electrons. The molecule has 3 aliphatic carbocycles. The minimum absolute atomic E-state index is 0.306. The summed E-state index contributed by atoms with van der Waals surface area (Å²) < 4.78 is 11.9. The van der Waals surface area contributed by atoms with Crippen LogP contribution in [0, 0.1) is 0 Å². The van der Waals surface area contributed by atoms with Crippen LogP contribution in [0.25, 0.3) is 23.3 Å². The summed E-state index contributed by atoms with van der Waals surface area (Å²) in [6, 6.07) is 8.82. The molecule has 1 unspecified atom stereocenters. The molecular weight excluding hydrogens is 390 g/mol. The predicted molar refractivity (Wildman–Crippen MR) is 126 cm³/mol. The van der Waals surface area contributed by atoms with Crippen molar-refractivity contribution in [2.24, 2.45) is 0 Å². The molecule has 0 aromatic carbocycles. The predicted octanol–water partition coefficient (Wildman–Crippen LogP) is 3.88. The van der Waals surface area contributed by atoms with Gasteiger partial charge in [0.25, 0.3) is 0 Å². The van der Waals surface area contributed by atoms with Gasteiger partial charge in [-0.25, -0.2) is 0 Å². The molecule has 1 atom stereocenters. The molecule has 3 nitrogen and oxygen atoms in total. The van der Waals surface area contributed by atoms with Gasteiger partial charge in [-0.15, -0.1) is 11.8 Å². The Morgan fingerprint density at radius 2 is 2.07 bits per heavy atom. The van der Waals surface area contributed by atoms with Crippen LogP contribution in [-0.2, 0) is 4.74 Å². The first-order valence-corrected chi connectivity index (χ1v) is 11.6. The Morgan fingerprint density at radius 1 is 1.17 bits per heavy atom. The van der Waals surface area contributed by atoms with Crippen molar-refractivity contribution in [1.82, 2.24) is 4.90 Å². The lowest BCUT2D eigenvalue weighted by molar-refractivity contribution is 0.150. The number of rotatable bonds is 6. The summed E-state index contributed by atoms with van der Waals surface area (Å²) in [5.41, 5.74) is 5.28. The van der Waals surface area contributed by atoms with E-state index in [0.717, 1.165) is 36.3 Å². The molecule has 0 saturated carbocycles. The van der Waals surface area contributed by atoms with E-state index in [2.05, 4.69) is 67.6 Å². The maximum atomic E-state index is 5.98. The lowest BCUT2D eigenvalue weighted by Crippen LogP contribution is -2.22. The quantitative estimate of drug-likeness (QED) is 0.665. The fourth-order valence-electron chi connectivity index (χ4n) is 4.41. The van der Waals surface area contributed by atoms with Crippen LogP contribution < -0.4 is 15.2 Å². The fourth-order valence-corrected chi connectivity index (χ4v) is 5.43. The van der Waals surface area contributed by atoms with Crippen LogP contribution >= 0.6 is 11.8 Å². The normalized spacial score (nSPS) is 19.1. The summed E-state index contributed by atoms with van der Waals surface area (Å²) in [6.45, 7) is 2.58. The third kappa shape index (κ3) is 3.76. The summed E-state index contributed by atoms with van der Waals surface area (Å²) in [7, 11) is 4.21. The molecule has 0 spiro atoms. The third-order valence-corrected chi connectivity index (χ3v) is 6.99. The number of allylic oxidation sites excluding steroid dienone is 3. The Bertz CT molecular complexity index is 1140. The lowest BCUT2D eigenvalue weighted by Gasteiger charge is -2.27. The second kappa shape index (κ2) is 8.46. The molecule has 0 saturated heterocycles. The topological polar surface area (TPSA) is 21.7 Å². The highest BCUT2D eigenvalue weighted by atomic mass is 32.2. The Balaban J connectivity index is 1.49. The van der Waals surface area contributed by atoms with Crippen LogP contribution in [0.15, 0.2) is 59.2 Å². The maximum Gasteiger partial charge on any atom is 0.141 e. The van der Waals surface area contributed by atoms with Gasteiger partial charge in [0.05, 0.1) is 12.9 Å². The van der Waals surface area contributed by atoms with E-state index >= 15 is 0 Å². The van der Waals surface area contributed by atoms with Crippen molar-refractivity contribution in [2.75, 3.05) is 39.6 Å². The minimum atomic E-state index is 0.306. The minimum Gasteiger partial charge on any atom is -0.464 e. The second-order valence-corrected chi connectivity index (χ2v) is 9.38. The smallest absolute Gasteiger partial charge is 0.141 e. The van der Waals surface area contributed by atoms with Gasteiger partial charge in [-0.2, -0.15) is 0 Å². The molecule has 5 aliphatic rings. The molecule has 0 N–H and O–H groups in total. The van der Waals surface area contributed by atoms with E-state index < -0.39 is 0 Å². The zero-order chi connectivity index (χ0) is 20.5. The summed E-state index contributed by atoms with van der Waals surface area (Å²) in [4.78, 5) is 3.54. The van der Waals surface area contributed by atoms with Gasteiger partial charge in [0, 0.05) is 34.0 Å². The molecule has 0 aromatic rings.